The fourth-order valence-corrected chi connectivity index (χ4v) is 3.77. The van der Waals surface area contributed by atoms with Gasteiger partial charge in [-0.3, -0.25) is 9.59 Å². The number of hydrogen-bond donors (Lipinski definition) is 1. The van der Waals surface area contributed by atoms with Gasteiger partial charge in [-0.1, -0.05) is 25.5 Å². The Hall–Kier alpha value is -2.04. The maximum absolute atomic E-state index is 13.2. The molecule has 1 aromatic carbocycles. The maximum atomic E-state index is 13.2. The second-order valence-corrected chi connectivity index (χ2v) is 6.65. The molecule has 5 nitrogen and oxygen atoms in total. The molecule has 2 heterocycles. The second kappa shape index (κ2) is 7.24. The first kappa shape index (κ1) is 16.8. The summed E-state index contributed by atoms with van der Waals surface area (Å²) in [6.07, 6.45) is 5.30. The van der Waals surface area contributed by atoms with Crippen LogP contribution in [-0.4, -0.2) is 41.9 Å². The van der Waals surface area contributed by atoms with Crippen LogP contribution in [0.3, 0.4) is 0 Å². The van der Waals surface area contributed by atoms with Crippen LogP contribution in [0.4, 0.5) is 0 Å². The van der Waals surface area contributed by atoms with Crippen LogP contribution in [0.25, 0.3) is 0 Å². The normalized spacial score (nSPS) is 23.4. The highest BCUT2D eigenvalue weighted by atomic mass is 16.5. The number of amides is 2. The van der Waals surface area contributed by atoms with Crippen molar-refractivity contribution in [1.82, 2.24) is 10.2 Å². The molecule has 3 rings (SSSR count). The lowest BCUT2D eigenvalue weighted by Crippen LogP contribution is -2.60. The number of carbonyl (C=O) groups is 2. The van der Waals surface area contributed by atoms with Gasteiger partial charge in [0, 0.05) is 13.1 Å². The number of rotatable bonds is 5. The molecule has 2 saturated heterocycles. The number of likely N-dealkylation sites (tertiary alicyclic amines) is 1. The summed E-state index contributed by atoms with van der Waals surface area (Å²) in [6.45, 7) is 4.05. The third-order valence-electron chi connectivity index (χ3n) is 5.08. The lowest BCUT2D eigenvalue weighted by atomic mass is 9.86. The van der Waals surface area contributed by atoms with Crippen molar-refractivity contribution >= 4 is 11.8 Å². The van der Waals surface area contributed by atoms with E-state index in [0.29, 0.717) is 31.0 Å². The predicted octanol–water partition coefficient (Wildman–Crippen LogP) is 2.75. The molecule has 1 unspecified atom stereocenters. The highest BCUT2D eigenvalue weighted by Gasteiger charge is 2.50. The van der Waals surface area contributed by atoms with Crippen LogP contribution < -0.4 is 10.1 Å². The van der Waals surface area contributed by atoms with Gasteiger partial charge in [-0.2, -0.15) is 0 Å². The summed E-state index contributed by atoms with van der Waals surface area (Å²) in [5.41, 5.74) is -0.0977. The van der Waals surface area contributed by atoms with E-state index >= 15 is 0 Å². The largest absolute Gasteiger partial charge is 0.493 e. The fourth-order valence-electron chi connectivity index (χ4n) is 3.77. The molecule has 0 saturated carbocycles. The minimum Gasteiger partial charge on any atom is -0.493 e. The highest BCUT2D eigenvalue weighted by molar-refractivity contribution is 6.01. The van der Waals surface area contributed by atoms with Gasteiger partial charge in [-0.15, -0.1) is 0 Å². The Morgan fingerprint density at radius 1 is 1.29 bits per heavy atom. The molecule has 130 valence electrons. The van der Waals surface area contributed by atoms with Crippen LogP contribution in [0.1, 0.15) is 55.8 Å². The molecule has 2 fully saturated rings. The zero-order chi connectivity index (χ0) is 17.0. The molecule has 0 radical (unpaired) electrons. The smallest absolute Gasteiger partial charge is 0.258 e. The van der Waals surface area contributed by atoms with Gasteiger partial charge in [0.1, 0.15) is 11.3 Å². The standard InChI is InChI=1S/C19H26N2O3/c1-2-3-14-24-16-9-5-4-8-15(16)17(22)21-13-7-11-19(21)10-6-12-20-18(19)23/h4-5,8-9H,2-3,6-7,10-14H2,1H3,(H,20,23). The number of carbonyl (C=O) groups excluding carboxylic acids is 2. The summed E-state index contributed by atoms with van der Waals surface area (Å²) in [5.74, 6) is 0.537. The van der Waals surface area contributed by atoms with E-state index in [0.717, 1.165) is 38.5 Å². The molecule has 24 heavy (non-hydrogen) atoms. The van der Waals surface area contributed by atoms with Crippen LogP contribution in [-0.2, 0) is 4.79 Å². The van der Waals surface area contributed by atoms with Gasteiger partial charge in [0.15, 0.2) is 0 Å². The average molecular weight is 330 g/mol. The van der Waals surface area contributed by atoms with E-state index in [4.69, 9.17) is 4.74 Å². The quantitative estimate of drug-likeness (QED) is 0.845. The molecule has 0 aromatic heterocycles. The number of benzene rings is 1. The third-order valence-corrected chi connectivity index (χ3v) is 5.08. The lowest BCUT2D eigenvalue weighted by Gasteiger charge is -2.40. The lowest BCUT2D eigenvalue weighted by molar-refractivity contribution is -0.133. The number of nitrogens with one attached hydrogen (secondary N) is 1. The third kappa shape index (κ3) is 2.99. The summed E-state index contributed by atoms with van der Waals surface area (Å²) >= 11 is 0. The molecule has 0 bridgehead atoms. The first-order valence-electron chi connectivity index (χ1n) is 9.01. The van der Waals surface area contributed by atoms with Gasteiger partial charge in [0.2, 0.25) is 5.91 Å². The predicted molar refractivity (Wildman–Crippen MR) is 92.1 cm³/mol. The van der Waals surface area contributed by atoms with Crippen molar-refractivity contribution in [3.05, 3.63) is 29.8 Å². The molecule has 2 aliphatic rings. The maximum Gasteiger partial charge on any atom is 0.258 e. The number of para-hydroxylation sites is 1. The van der Waals surface area contributed by atoms with Crippen molar-refractivity contribution in [1.29, 1.82) is 0 Å². The van der Waals surface area contributed by atoms with E-state index in [1.54, 1.807) is 11.0 Å². The van der Waals surface area contributed by atoms with Crippen molar-refractivity contribution in [2.24, 2.45) is 0 Å². The number of ether oxygens (including phenoxy) is 1. The molecule has 2 amide bonds. The Labute approximate surface area is 143 Å². The Bertz CT molecular complexity index is 616. The number of hydrogen-bond acceptors (Lipinski definition) is 3. The first-order valence-corrected chi connectivity index (χ1v) is 9.01. The molecule has 2 aliphatic heterocycles. The van der Waals surface area contributed by atoms with E-state index < -0.39 is 5.54 Å². The fraction of sp³-hybridized carbons (Fsp3) is 0.579. The van der Waals surface area contributed by atoms with Crippen molar-refractivity contribution in [3.63, 3.8) is 0 Å². The number of unbranched alkanes of at least 4 members (excludes halogenated alkanes) is 1. The van der Waals surface area contributed by atoms with E-state index in [1.807, 2.05) is 18.2 Å². The van der Waals surface area contributed by atoms with Crippen LogP contribution in [0.2, 0.25) is 0 Å². The van der Waals surface area contributed by atoms with Gasteiger partial charge >= 0.3 is 0 Å². The van der Waals surface area contributed by atoms with Crippen LogP contribution >= 0.6 is 0 Å². The summed E-state index contributed by atoms with van der Waals surface area (Å²) < 4.78 is 5.81. The van der Waals surface area contributed by atoms with Crippen molar-refractivity contribution in [2.45, 2.75) is 51.0 Å². The van der Waals surface area contributed by atoms with Gasteiger partial charge < -0.3 is 15.0 Å². The molecule has 5 heteroatoms. The molecular weight excluding hydrogens is 304 g/mol. The summed E-state index contributed by atoms with van der Waals surface area (Å²) in [5, 5.41) is 2.94. The Balaban J connectivity index is 1.84. The summed E-state index contributed by atoms with van der Waals surface area (Å²) in [6, 6.07) is 7.37. The van der Waals surface area contributed by atoms with Gasteiger partial charge in [-0.05, 0) is 44.2 Å². The number of nitrogens with zero attached hydrogens (tertiary/aromatic N) is 1. The molecule has 1 aromatic rings. The highest BCUT2D eigenvalue weighted by Crippen LogP contribution is 2.37. The van der Waals surface area contributed by atoms with Crippen molar-refractivity contribution in [2.75, 3.05) is 19.7 Å². The minimum absolute atomic E-state index is 0.00369. The Morgan fingerprint density at radius 2 is 2.08 bits per heavy atom. The molecule has 1 spiro atoms. The van der Waals surface area contributed by atoms with Crippen molar-refractivity contribution in [3.8, 4) is 5.75 Å². The van der Waals surface area contributed by atoms with Gasteiger partial charge in [-0.25, -0.2) is 0 Å². The zero-order valence-corrected chi connectivity index (χ0v) is 14.3. The minimum atomic E-state index is -0.661. The van der Waals surface area contributed by atoms with Crippen LogP contribution in [0.15, 0.2) is 24.3 Å². The molecule has 0 aliphatic carbocycles. The van der Waals surface area contributed by atoms with Crippen LogP contribution in [0.5, 0.6) is 5.75 Å². The van der Waals surface area contributed by atoms with E-state index in [9.17, 15) is 9.59 Å². The molecular formula is C19H26N2O3. The SMILES string of the molecule is CCCCOc1ccccc1C(=O)N1CCCC12CCCNC2=O. The topological polar surface area (TPSA) is 58.6 Å². The summed E-state index contributed by atoms with van der Waals surface area (Å²) in [7, 11) is 0. The average Bonchev–Trinajstić information content (AvgIpc) is 3.02. The van der Waals surface area contributed by atoms with E-state index in [2.05, 4.69) is 12.2 Å². The van der Waals surface area contributed by atoms with Crippen LogP contribution in [0, 0.1) is 0 Å². The van der Waals surface area contributed by atoms with E-state index in [-0.39, 0.29) is 11.8 Å². The molecule has 1 atom stereocenters. The first-order chi connectivity index (χ1) is 11.7. The summed E-state index contributed by atoms with van der Waals surface area (Å²) in [4.78, 5) is 27.5. The van der Waals surface area contributed by atoms with Crippen molar-refractivity contribution < 1.29 is 14.3 Å². The second-order valence-electron chi connectivity index (χ2n) is 6.65. The zero-order valence-electron chi connectivity index (χ0n) is 14.3. The number of piperidine rings is 1. The molecule has 1 N–H and O–H groups in total. The Morgan fingerprint density at radius 3 is 2.88 bits per heavy atom. The monoisotopic (exact) mass is 330 g/mol. The Kier molecular flexibility index (Phi) is 5.07. The van der Waals surface area contributed by atoms with Gasteiger partial charge in [0.05, 0.1) is 12.2 Å². The van der Waals surface area contributed by atoms with Gasteiger partial charge in [0.25, 0.3) is 5.91 Å². The van der Waals surface area contributed by atoms with E-state index in [1.165, 1.54) is 0 Å².